The Hall–Kier alpha value is -5.44. The van der Waals surface area contributed by atoms with Gasteiger partial charge < -0.3 is 35.2 Å². The number of halogens is 3. The van der Waals surface area contributed by atoms with Crippen molar-refractivity contribution in [2.75, 3.05) is 24.3 Å². The molecule has 0 spiro atoms. The van der Waals surface area contributed by atoms with Crippen molar-refractivity contribution >= 4 is 52.2 Å². The van der Waals surface area contributed by atoms with Crippen LogP contribution in [0.25, 0.3) is 22.3 Å². The number of hydrogen-bond acceptors (Lipinski definition) is 10. The second-order valence-electron chi connectivity index (χ2n) is 17.1. The largest absolute Gasteiger partial charge is 0.497 e. The van der Waals surface area contributed by atoms with Crippen LogP contribution in [0.1, 0.15) is 69.9 Å². The van der Waals surface area contributed by atoms with Crippen LogP contribution in [0.15, 0.2) is 96.4 Å². The van der Waals surface area contributed by atoms with E-state index < -0.39 is 60.3 Å². The van der Waals surface area contributed by atoms with Gasteiger partial charge in [-0.2, -0.15) is 13.2 Å². The smallest absolute Gasteiger partial charge is 0.416 e. The number of allylic oxidation sites excluding steroid dienone is 1. The monoisotopic (exact) mass is 916 g/mol. The Morgan fingerprint density at radius 3 is 2.53 bits per heavy atom. The number of rotatable bonds is 11. The van der Waals surface area contributed by atoms with Crippen LogP contribution in [0, 0.1) is 5.92 Å². The van der Waals surface area contributed by atoms with Crippen LogP contribution in [-0.2, 0) is 26.5 Å². The second kappa shape index (κ2) is 18.6. The van der Waals surface area contributed by atoms with Crippen LogP contribution in [0.2, 0.25) is 0 Å². The molecule has 4 N–H and O–H groups in total. The highest BCUT2D eigenvalue weighted by molar-refractivity contribution is 7.59. The van der Waals surface area contributed by atoms with Gasteiger partial charge in [-0.3, -0.25) is 14.2 Å². The first-order chi connectivity index (χ1) is 30.6. The minimum Gasteiger partial charge on any atom is -0.497 e. The second-order valence-corrected chi connectivity index (χ2v) is 20.5. The van der Waals surface area contributed by atoms with Crippen molar-refractivity contribution in [2.45, 2.75) is 101 Å². The fourth-order valence-electron chi connectivity index (χ4n) is 8.66. The lowest BCUT2D eigenvalue weighted by atomic mass is 10.0. The maximum Gasteiger partial charge on any atom is 0.416 e. The highest BCUT2D eigenvalue weighted by atomic mass is 32.1. The van der Waals surface area contributed by atoms with Gasteiger partial charge in [0.1, 0.15) is 40.7 Å². The van der Waals surface area contributed by atoms with Gasteiger partial charge in [0, 0.05) is 47.0 Å². The zero-order valence-electron chi connectivity index (χ0n) is 35.8. The SMILES string of the molecule is COc1ccc2c(O[C@@H]3C[C@H]4C(=O)N[C@]5(P(=O)(O)Cc6ccccc6)C[C@H]5/C=C\CCCCC[C@H](Nc5ccc(C(F)(F)F)cc5)C(=O)N4C3)cc(-c3csc(NC(C)C)n3)nc2c1. The average molecular weight is 917 g/mol. The molecule has 2 fully saturated rings. The normalized spacial score (nSPS) is 24.4. The standard InChI is InChI=1S/C47H52F3N6O6PS/c1-29(2)51-45-54-40(28-64-45)39-24-42(36-21-20-34(61-3)22-38(36)53-39)62-35-23-41-43(57)55-46(63(59,60)27-30-12-8-7-9-13-30)25-32(46)14-10-5-4-6-11-15-37(44(58)56(41)26-35)52-33-18-16-31(17-19-33)47(48,49)50/h7-10,12-14,16-22,24,28-29,32,35,37,41,52H,4-6,11,15,23,25-27H2,1-3H3,(H,51,54)(H,55,57)(H,59,60)/b14-10-/t32-,35-,37+,41+,46+/m1/s1. The summed E-state index contributed by atoms with van der Waals surface area (Å²) < 4.78 is 67.3. The molecule has 6 atom stereocenters. The van der Waals surface area contributed by atoms with Gasteiger partial charge in [0.2, 0.25) is 19.2 Å². The number of ether oxygens (including phenoxy) is 2. The van der Waals surface area contributed by atoms with Crippen LogP contribution in [0.3, 0.4) is 0 Å². The molecule has 1 unspecified atom stereocenters. The van der Waals surface area contributed by atoms with Crippen molar-refractivity contribution in [1.82, 2.24) is 20.2 Å². The summed E-state index contributed by atoms with van der Waals surface area (Å²) in [5.74, 6) is -0.387. The van der Waals surface area contributed by atoms with E-state index in [1.54, 1.807) is 49.6 Å². The predicted octanol–water partition coefficient (Wildman–Crippen LogP) is 9.86. The number of hydrogen-bond donors (Lipinski definition) is 4. The number of methoxy groups -OCH3 is 1. The number of anilines is 2. The molecule has 12 nitrogen and oxygen atoms in total. The van der Waals surface area contributed by atoms with Crippen molar-refractivity contribution in [1.29, 1.82) is 0 Å². The molecule has 64 heavy (non-hydrogen) atoms. The van der Waals surface area contributed by atoms with E-state index in [4.69, 9.17) is 19.4 Å². The fraction of sp³-hybridized carbons (Fsp3) is 0.404. The summed E-state index contributed by atoms with van der Waals surface area (Å²) >= 11 is 1.45. The highest BCUT2D eigenvalue weighted by Crippen LogP contribution is 2.71. The molecule has 3 aliphatic rings. The Labute approximate surface area is 374 Å². The van der Waals surface area contributed by atoms with E-state index in [2.05, 4.69) is 16.0 Å². The number of benzene rings is 3. The third kappa shape index (κ3) is 9.94. The first-order valence-corrected chi connectivity index (χ1v) is 24.3. The van der Waals surface area contributed by atoms with Crippen molar-refractivity contribution in [2.24, 2.45) is 5.92 Å². The molecule has 2 aromatic heterocycles. The number of pyridine rings is 1. The van der Waals surface area contributed by atoms with Crippen LogP contribution in [0.4, 0.5) is 24.0 Å². The average Bonchev–Trinajstić information content (AvgIpc) is 3.53. The van der Waals surface area contributed by atoms with Crippen molar-refractivity contribution in [3.63, 3.8) is 0 Å². The van der Waals surface area contributed by atoms with Gasteiger partial charge in [0.25, 0.3) is 0 Å². The Morgan fingerprint density at radius 2 is 1.80 bits per heavy atom. The van der Waals surface area contributed by atoms with Gasteiger partial charge in [0.15, 0.2) is 5.13 Å². The van der Waals surface area contributed by atoms with E-state index in [0.29, 0.717) is 64.3 Å². The molecule has 0 radical (unpaired) electrons. The third-order valence-electron chi connectivity index (χ3n) is 12.1. The fourth-order valence-corrected chi connectivity index (χ4v) is 11.9. The lowest BCUT2D eigenvalue weighted by Gasteiger charge is -2.31. The molecule has 2 amide bonds. The van der Waals surface area contributed by atoms with E-state index in [0.717, 1.165) is 30.1 Å². The summed E-state index contributed by atoms with van der Waals surface area (Å²) in [6, 6.07) is 18.9. The van der Waals surface area contributed by atoms with Gasteiger partial charge in [-0.25, -0.2) is 9.97 Å². The number of aromatic nitrogens is 2. The summed E-state index contributed by atoms with van der Waals surface area (Å²) in [5, 5.41) is 11.4. The van der Waals surface area contributed by atoms with Gasteiger partial charge in [0.05, 0.1) is 36.6 Å². The summed E-state index contributed by atoms with van der Waals surface area (Å²) in [6.45, 7) is 4.02. The summed E-state index contributed by atoms with van der Waals surface area (Å²) in [4.78, 5) is 52.8. The molecule has 338 valence electrons. The maximum atomic E-state index is 14.9. The summed E-state index contributed by atoms with van der Waals surface area (Å²) in [6.07, 6.45) is 2.03. The minimum atomic E-state index is -4.53. The Bertz CT molecular complexity index is 2560. The van der Waals surface area contributed by atoms with Crippen molar-refractivity contribution in [3.8, 4) is 22.9 Å². The van der Waals surface area contributed by atoms with E-state index in [1.807, 2.05) is 43.5 Å². The number of amides is 2. The molecule has 2 aliphatic heterocycles. The van der Waals surface area contributed by atoms with E-state index in [9.17, 15) is 32.2 Å². The molecule has 1 saturated heterocycles. The molecular formula is C47H52F3N6O6PS. The quantitative estimate of drug-likeness (QED) is 0.0744. The number of nitrogens with zero attached hydrogens (tertiary/aromatic N) is 3. The van der Waals surface area contributed by atoms with Gasteiger partial charge >= 0.3 is 6.18 Å². The Morgan fingerprint density at radius 1 is 1.02 bits per heavy atom. The van der Waals surface area contributed by atoms with Crippen LogP contribution in [-0.4, -0.2) is 74.7 Å². The molecule has 5 aromatic rings. The van der Waals surface area contributed by atoms with E-state index >= 15 is 0 Å². The zero-order valence-corrected chi connectivity index (χ0v) is 37.5. The number of alkyl halides is 3. The van der Waals surface area contributed by atoms with Crippen LogP contribution >= 0.6 is 18.7 Å². The van der Waals surface area contributed by atoms with Crippen LogP contribution < -0.4 is 25.4 Å². The number of nitrogens with one attached hydrogen (secondary N) is 3. The van der Waals surface area contributed by atoms with Gasteiger partial charge in [-0.15, -0.1) is 11.3 Å². The van der Waals surface area contributed by atoms with Crippen LogP contribution in [0.5, 0.6) is 11.5 Å². The van der Waals surface area contributed by atoms with E-state index in [1.165, 1.54) is 28.4 Å². The van der Waals surface area contributed by atoms with Gasteiger partial charge in [-0.05, 0) is 81.5 Å². The number of carbonyl (C=O) groups is 2. The lowest BCUT2D eigenvalue weighted by molar-refractivity contribution is -0.139. The molecule has 8 rings (SSSR count). The molecule has 4 heterocycles. The van der Waals surface area contributed by atoms with E-state index in [-0.39, 0.29) is 31.6 Å². The number of carbonyl (C=O) groups excluding carboxylic acids is 2. The molecule has 0 bridgehead atoms. The number of fused-ring (bicyclic) bond motifs is 3. The Balaban J connectivity index is 1.15. The first kappa shape index (κ1) is 45.1. The molecule has 17 heteroatoms. The molecular weight excluding hydrogens is 865 g/mol. The van der Waals surface area contributed by atoms with Gasteiger partial charge in [-0.1, -0.05) is 55.3 Å². The van der Waals surface area contributed by atoms with Crippen molar-refractivity contribution < 1.29 is 41.7 Å². The lowest BCUT2D eigenvalue weighted by Crippen LogP contribution is -2.53. The predicted molar refractivity (Wildman–Crippen MR) is 243 cm³/mol. The first-order valence-electron chi connectivity index (χ1n) is 21.6. The Kier molecular flexibility index (Phi) is 13.1. The molecule has 3 aromatic carbocycles. The number of thiazole rings is 1. The minimum absolute atomic E-state index is 0.0201. The third-order valence-corrected chi connectivity index (χ3v) is 15.5. The topological polar surface area (TPSA) is 155 Å². The molecule has 1 aliphatic carbocycles. The highest BCUT2D eigenvalue weighted by Gasteiger charge is 2.66. The van der Waals surface area contributed by atoms with Crippen molar-refractivity contribution in [3.05, 3.63) is 108 Å². The summed E-state index contributed by atoms with van der Waals surface area (Å²) in [5.41, 5.74) is 1.91. The molecule has 1 saturated carbocycles. The maximum absolute atomic E-state index is 14.9. The zero-order chi connectivity index (χ0) is 45.2. The summed E-state index contributed by atoms with van der Waals surface area (Å²) in [7, 11) is -2.54.